The van der Waals surface area contributed by atoms with Crippen LogP contribution in [0.5, 0.6) is 0 Å². The standard InChI is InChI=1S/C18H21N3OS/c1-20(2)17(22)15-10-18(12-21(15)16-8-5-9-23-16)11-19-14-7-4-3-6-13(14)18/h3-9,15,19H,10-12H2,1-2H3. The average molecular weight is 327 g/mol. The maximum absolute atomic E-state index is 12.8. The lowest BCUT2D eigenvalue weighted by Crippen LogP contribution is -2.42. The van der Waals surface area contributed by atoms with E-state index in [1.54, 1.807) is 16.2 Å². The van der Waals surface area contributed by atoms with Crippen LogP contribution in [0, 0.1) is 0 Å². The Morgan fingerprint density at radius 3 is 2.87 bits per heavy atom. The highest BCUT2D eigenvalue weighted by molar-refractivity contribution is 7.14. The molecule has 2 aliphatic rings. The molecule has 0 bridgehead atoms. The summed E-state index contributed by atoms with van der Waals surface area (Å²) in [6.07, 6.45) is 0.867. The van der Waals surface area contributed by atoms with Gasteiger partial charge in [0.2, 0.25) is 5.91 Å². The summed E-state index contributed by atoms with van der Waals surface area (Å²) in [6, 6.07) is 12.6. The van der Waals surface area contributed by atoms with E-state index in [1.165, 1.54) is 16.3 Å². The topological polar surface area (TPSA) is 35.6 Å². The second-order valence-corrected chi connectivity index (χ2v) is 7.64. The number of rotatable bonds is 2. The van der Waals surface area contributed by atoms with Gasteiger partial charge in [-0.15, -0.1) is 11.3 Å². The summed E-state index contributed by atoms with van der Waals surface area (Å²) in [7, 11) is 3.70. The monoisotopic (exact) mass is 327 g/mol. The SMILES string of the molecule is CN(C)C(=O)C1CC2(CNc3ccccc32)CN1c1cccs1. The molecule has 2 atom stereocenters. The molecule has 0 radical (unpaired) electrons. The molecule has 2 aromatic rings. The van der Waals surface area contributed by atoms with Crippen LogP contribution < -0.4 is 10.2 Å². The van der Waals surface area contributed by atoms with Crippen LogP contribution in [0.3, 0.4) is 0 Å². The highest BCUT2D eigenvalue weighted by Crippen LogP contribution is 2.47. The number of thiophene rings is 1. The second-order valence-electron chi connectivity index (χ2n) is 6.71. The van der Waals surface area contributed by atoms with Crippen molar-refractivity contribution in [2.24, 2.45) is 0 Å². The van der Waals surface area contributed by atoms with Crippen LogP contribution >= 0.6 is 11.3 Å². The third-order valence-electron chi connectivity index (χ3n) is 5.06. The lowest BCUT2D eigenvalue weighted by Gasteiger charge is -2.26. The molecule has 3 heterocycles. The van der Waals surface area contributed by atoms with Gasteiger partial charge in [-0.3, -0.25) is 4.79 Å². The predicted octanol–water partition coefficient (Wildman–Crippen LogP) is 2.78. The number of anilines is 2. The van der Waals surface area contributed by atoms with Gasteiger partial charge in [-0.2, -0.15) is 0 Å². The number of likely N-dealkylation sites (N-methyl/N-ethyl adjacent to an activating group) is 1. The first-order valence-corrected chi connectivity index (χ1v) is 8.83. The number of benzene rings is 1. The van der Waals surface area contributed by atoms with Gasteiger partial charge in [0.1, 0.15) is 6.04 Å². The summed E-state index contributed by atoms with van der Waals surface area (Å²) in [5, 5.41) is 6.81. The van der Waals surface area contributed by atoms with Crippen LogP contribution in [-0.2, 0) is 10.2 Å². The molecule has 1 aromatic carbocycles. The summed E-state index contributed by atoms with van der Waals surface area (Å²) in [4.78, 5) is 16.8. The molecule has 1 saturated heterocycles. The minimum atomic E-state index is -0.0865. The number of nitrogens with zero attached hydrogens (tertiary/aromatic N) is 2. The van der Waals surface area contributed by atoms with E-state index in [9.17, 15) is 4.79 Å². The smallest absolute Gasteiger partial charge is 0.244 e. The number of fused-ring (bicyclic) bond motifs is 2. The van der Waals surface area contributed by atoms with Crippen LogP contribution in [0.2, 0.25) is 0 Å². The molecule has 1 N–H and O–H groups in total. The molecular weight excluding hydrogens is 306 g/mol. The van der Waals surface area contributed by atoms with Crippen molar-refractivity contribution in [1.82, 2.24) is 4.90 Å². The van der Waals surface area contributed by atoms with Gasteiger partial charge in [-0.1, -0.05) is 18.2 Å². The largest absolute Gasteiger partial charge is 0.384 e. The molecule has 1 spiro atoms. The van der Waals surface area contributed by atoms with Gasteiger partial charge >= 0.3 is 0 Å². The minimum absolute atomic E-state index is 0.0247. The van der Waals surface area contributed by atoms with E-state index in [-0.39, 0.29) is 17.4 Å². The van der Waals surface area contributed by atoms with E-state index in [4.69, 9.17) is 0 Å². The number of carbonyl (C=O) groups is 1. The quantitative estimate of drug-likeness (QED) is 0.921. The molecule has 1 fully saturated rings. The Morgan fingerprint density at radius 2 is 2.13 bits per heavy atom. The molecular formula is C18H21N3OS. The summed E-state index contributed by atoms with van der Waals surface area (Å²) >= 11 is 1.71. The van der Waals surface area contributed by atoms with E-state index in [2.05, 4.69) is 52.0 Å². The van der Waals surface area contributed by atoms with Crippen molar-refractivity contribution in [3.8, 4) is 0 Å². The van der Waals surface area contributed by atoms with Crippen LogP contribution in [0.15, 0.2) is 41.8 Å². The third-order valence-corrected chi connectivity index (χ3v) is 5.97. The van der Waals surface area contributed by atoms with Crippen LogP contribution in [0.1, 0.15) is 12.0 Å². The van der Waals surface area contributed by atoms with Crippen LogP contribution in [0.4, 0.5) is 10.7 Å². The van der Waals surface area contributed by atoms with E-state index in [0.717, 1.165) is 19.5 Å². The molecule has 1 amide bonds. The fourth-order valence-corrected chi connectivity index (χ4v) is 4.73. The summed E-state index contributed by atoms with van der Waals surface area (Å²) in [5.41, 5.74) is 2.60. The molecule has 4 rings (SSSR count). The molecule has 23 heavy (non-hydrogen) atoms. The van der Waals surface area contributed by atoms with Gasteiger partial charge in [0.15, 0.2) is 0 Å². The van der Waals surface area contributed by atoms with Crippen molar-refractivity contribution in [2.45, 2.75) is 17.9 Å². The highest BCUT2D eigenvalue weighted by atomic mass is 32.1. The molecule has 4 nitrogen and oxygen atoms in total. The number of hydrogen-bond donors (Lipinski definition) is 1. The molecule has 120 valence electrons. The zero-order valence-electron chi connectivity index (χ0n) is 13.5. The number of amides is 1. The predicted molar refractivity (Wildman–Crippen MR) is 95.4 cm³/mol. The lowest BCUT2D eigenvalue weighted by molar-refractivity contribution is -0.129. The van der Waals surface area contributed by atoms with Gasteiger partial charge in [0.05, 0.1) is 5.00 Å². The van der Waals surface area contributed by atoms with Crippen LogP contribution in [0.25, 0.3) is 0 Å². The fourth-order valence-electron chi connectivity index (χ4n) is 3.95. The molecule has 2 unspecified atom stereocenters. The first-order chi connectivity index (χ1) is 11.1. The lowest BCUT2D eigenvalue weighted by atomic mass is 9.80. The van der Waals surface area contributed by atoms with Gasteiger partial charge < -0.3 is 15.1 Å². The van der Waals surface area contributed by atoms with Crippen molar-refractivity contribution in [1.29, 1.82) is 0 Å². The molecule has 2 aliphatic heterocycles. The highest BCUT2D eigenvalue weighted by Gasteiger charge is 2.51. The Bertz CT molecular complexity index is 728. The fraction of sp³-hybridized carbons (Fsp3) is 0.389. The zero-order valence-corrected chi connectivity index (χ0v) is 14.3. The second kappa shape index (κ2) is 5.27. The van der Waals surface area contributed by atoms with Crippen molar-refractivity contribution in [2.75, 3.05) is 37.4 Å². The number of hydrogen-bond acceptors (Lipinski definition) is 4. The Labute approximate surface area is 140 Å². The summed E-state index contributed by atoms with van der Waals surface area (Å²) < 4.78 is 0. The first kappa shape index (κ1) is 14.6. The van der Waals surface area contributed by atoms with E-state index in [1.807, 2.05) is 14.1 Å². The van der Waals surface area contributed by atoms with E-state index >= 15 is 0 Å². The first-order valence-electron chi connectivity index (χ1n) is 7.95. The van der Waals surface area contributed by atoms with Gasteiger partial charge in [0.25, 0.3) is 0 Å². The molecule has 1 aromatic heterocycles. The maximum Gasteiger partial charge on any atom is 0.244 e. The van der Waals surface area contributed by atoms with Gasteiger partial charge in [0, 0.05) is 38.3 Å². The van der Waals surface area contributed by atoms with Crippen molar-refractivity contribution in [3.63, 3.8) is 0 Å². The minimum Gasteiger partial charge on any atom is -0.384 e. The third kappa shape index (κ3) is 2.22. The Hall–Kier alpha value is -2.01. The molecule has 0 aliphatic carbocycles. The number of para-hydroxylation sites is 1. The maximum atomic E-state index is 12.8. The Morgan fingerprint density at radius 1 is 1.30 bits per heavy atom. The molecule has 0 saturated carbocycles. The normalized spacial score (nSPS) is 25.5. The Balaban J connectivity index is 1.75. The van der Waals surface area contributed by atoms with Gasteiger partial charge in [-0.25, -0.2) is 0 Å². The summed E-state index contributed by atoms with van der Waals surface area (Å²) in [6.45, 7) is 1.80. The van der Waals surface area contributed by atoms with Gasteiger partial charge in [-0.05, 0) is 35.6 Å². The van der Waals surface area contributed by atoms with Crippen molar-refractivity contribution in [3.05, 3.63) is 47.3 Å². The Kier molecular flexibility index (Phi) is 3.34. The summed E-state index contributed by atoms with van der Waals surface area (Å²) in [5.74, 6) is 0.194. The zero-order chi connectivity index (χ0) is 16.0. The van der Waals surface area contributed by atoms with E-state index in [0.29, 0.717) is 0 Å². The number of carbonyl (C=O) groups excluding carboxylic acids is 1. The number of nitrogens with one attached hydrogen (secondary N) is 1. The van der Waals surface area contributed by atoms with Crippen molar-refractivity contribution >= 4 is 27.9 Å². The van der Waals surface area contributed by atoms with Crippen LogP contribution in [-0.4, -0.2) is 44.0 Å². The molecule has 5 heteroatoms. The average Bonchev–Trinajstić information content (AvgIpc) is 3.27. The van der Waals surface area contributed by atoms with E-state index < -0.39 is 0 Å². The van der Waals surface area contributed by atoms with Crippen molar-refractivity contribution < 1.29 is 4.79 Å².